The topological polar surface area (TPSA) is 82.5 Å². The summed E-state index contributed by atoms with van der Waals surface area (Å²) >= 11 is 0. The van der Waals surface area contributed by atoms with Crippen molar-refractivity contribution in [2.45, 2.75) is 70.9 Å². The fraction of sp³-hybridized carbons (Fsp3) is 0.750. The van der Waals surface area contributed by atoms with Crippen molar-refractivity contribution in [1.29, 1.82) is 0 Å². The maximum atomic E-state index is 12.3. The minimum atomic E-state index is -2.19. The maximum absolute atomic E-state index is 12.3. The summed E-state index contributed by atoms with van der Waals surface area (Å²) in [4.78, 5) is 25.9. The van der Waals surface area contributed by atoms with Gasteiger partial charge >= 0.3 is 5.69 Å². The van der Waals surface area contributed by atoms with Crippen LogP contribution in [0, 0.1) is 0 Å². The van der Waals surface area contributed by atoms with Gasteiger partial charge in [-0.15, -0.1) is 0 Å². The fourth-order valence-electron chi connectivity index (χ4n) is 2.27. The van der Waals surface area contributed by atoms with E-state index in [1.54, 1.807) is 0 Å². The van der Waals surface area contributed by atoms with E-state index in [1.165, 1.54) is 16.8 Å². The first kappa shape index (κ1) is 19.1. The molecular formula is C16H28N2O5Si. The lowest BCUT2D eigenvalue weighted by Gasteiger charge is -2.40. The Hall–Kier alpha value is -1.22. The first-order valence-electron chi connectivity index (χ1n) is 8.13. The Labute approximate surface area is 143 Å². The number of ether oxygens (including phenoxy) is 2. The van der Waals surface area contributed by atoms with Gasteiger partial charge in [0, 0.05) is 12.3 Å². The minimum Gasteiger partial charge on any atom is -0.395 e. The van der Waals surface area contributed by atoms with Crippen LogP contribution in [0.5, 0.6) is 0 Å². The molecule has 7 nitrogen and oxygen atoms in total. The van der Waals surface area contributed by atoms with Crippen LogP contribution in [0.4, 0.5) is 0 Å². The molecule has 2 heterocycles. The van der Waals surface area contributed by atoms with Gasteiger partial charge in [0.05, 0.1) is 6.61 Å². The molecule has 0 spiro atoms. The van der Waals surface area contributed by atoms with E-state index in [1.807, 2.05) is 13.8 Å². The van der Waals surface area contributed by atoms with E-state index >= 15 is 0 Å². The van der Waals surface area contributed by atoms with Gasteiger partial charge in [0.1, 0.15) is 6.10 Å². The van der Waals surface area contributed by atoms with Crippen molar-refractivity contribution in [3.8, 4) is 0 Å². The third-order valence-electron chi connectivity index (χ3n) is 4.70. The number of hydrogen-bond acceptors (Lipinski definition) is 5. The molecule has 0 amide bonds. The molecule has 1 aromatic rings. The van der Waals surface area contributed by atoms with E-state index in [2.05, 4.69) is 38.8 Å². The van der Waals surface area contributed by atoms with E-state index in [-0.39, 0.29) is 5.04 Å². The quantitative estimate of drug-likeness (QED) is 0.837. The normalized spacial score (nSPS) is 22.5. The van der Waals surface area contributed by atoms with Crippen molar-refractivity contribution in [3.63, 3.8) is 0 Å². The van der Waals surface area contributed by atoms with Crippen LogP contribution in [-0.4, -0.2) is 36.4 Å². The molecule has 1 saturated heterocycles. The van der Waals surface area contributed by atoms with Gasteiger partial charge < -0.3 is 13.9 Å². The predicted octanol–water partition coefficient (Wildman–Crippen LogP) is 2.21. The van der Waals surface area contributed by atoms with Gasteiger partial charge in [-0.25, -0.2) is 4.79 Å². The average Bonchev–Trinajstić information content (AvgIpc) is 2.75. The van der Waals surface area contributed by atoms with Crippen molar-refractivity contribution in [3.05, 3.63) is 33.1 Å². The van der Waals surface area contributed by atoms with Crippen molar-refractivity contribution in [2.75, 3.05) is 6.61 Å². The van der Waals surface area contributed by atoms with Crippen LogP contribution >= 0.6 is 0 Å². The Morgan fingerprint density at radius 1 is 1.38 bits per heavy atom. The highest BCUT2D eigenvalue weighted by Gasteiger charge is 2.45. The largest absolute Gasteiger partial charge is 0.395 e. The molecule has 0 bridgehead atoms. The Balaban J connectivity index is 2.43. The molecule has 0 aromatic carbocycles. The standard InChI is InChI=1S/C16H28N2O5Si/c1-15(2,3)24(6,7)23-13(11-10-21-16(4,5)22-11)18-9-8-12(19)17-14(18)20/h8-9,11,13H,10H2,1-7H3,(H,17,19,20)/t11-,13+/m1/s1. The van der Waals surface area contributed by atoms with Crippen LogP contribution in [0.25, 0.3) is 0 Å². The summed E-state index contributed by atoms with van der Waals surface area (Å²) < 4.78 is 19.4. The summed E-state index contributed by atoms with van der Waals surface area (Å²) in [6.07, 6.45) is 0.364. The number of aromatic amines is 1. The summed E-state index contributed by atoms with van der Waals surface area (Å²) in [5.41, 5.74) is -0.953. The molecule has 8 heteroatoms. The number of hydrogen-bond donors (Lipinski definition) is 1. The van der Waals surface area contributed by atoms with E-state index in [9.17, 15) is 9.59 Å². The molecule has 0 saturated carbocycles. The van der Waals surface area contributed by atoms with Crippen molar-refractivity contribution in [1.82, 2.24) is 9.55 Å². The first-order valence-corrected chi connectivity index (χ1v) is 11.0. The van der Waals surface area contributed by atoms with Crippen molar-refractivity contribution < 1.29 is 13.9 Å². The molecule has 0 aliphatic carbocycles. The zero-order chi connectivity index (χ0) is 18.3. The Kier molecular flexibility index (Phi) is 4.98. The van der Waals surface area contributed by atoms with Gasteiger partial charge in [-0.2, -0.15) is 0 Å². The second-order valence-electron chi connectivity index (χ2n) is 8.15. The third kappa shape index (κ3) is 4.05. The highest BCUT2D eigenvalue weighted by Crippen LogP contribution is 2.40. The molecule has 24 heavy (non-hydrogen) atoms. The van der Waals surface area contributed by atoms with Crippen LogP contribution in [-0.2, 0) is 13.9 Å². The zero-order valence-corrected chi connectivity index (χ0v) is 16.5. The monoisotopic (exact) mass is 356 g/mol. The van der Waals surface area contributed by atoms with E-state index < -0.39 is 37.7 Å². The van der Waals surface area contributed by atoms with Crippen LogP contribution in [0.15, 0.2) is 21.9 Å². The molecule has 0 radical (unpaired) electrons. The number of rotatable bonds is 4. The maximum Gasteiger partial charge on any atom is 0.330 e. The van der Waals surface area contributed by atoms with Crippen molar-refractivity contribution in [2.24, 2.45) is 0 Å². The molecule has 2 atom stereocenters. The first-order chi connectivity index (χ1) is 10.8. The number of nitrogens with zero attached hydrogens (tertiary/aromatic N) is 1. The Morgan fingerprint density at radius 2 is 2.00 bits per heavy atom. The summed E-state index contributed by atoms with van der Waals surface area (Å²) in [6, 6.07) is 1.31. The molecule has 1 aromatic heterocycles. The third-order valence-corrected chi connectivity index (χ3v) is 9.14. The number of H-pyrrole nitrogens is 1. The lowest BCUT2D eigenvalue weighted by atomic mass is 10.2. The van der Waals surface area contributed by atoms with Crippen LogP contribution < -0.4 is 11.2 Å². The van der Waals surface area contributed by atoms with Gasteiger partial charge in [-0.05, 0) is 32.0 Å². The van der Waals surface area contributed by atoms with E-state index in [0.29, 0.717) is 6.61 Å². The summed E-state index contributed by atoms with van der Waals surface area (Å²) in [7, 11) is -2.19. The van der Waals surface area contributed by atoms with Gasteiger partial charge in [0.2, 0.25) is 0 Å². The Morgan fingerprint density at radius 3 is 2.46 bits per heavy atom. The highest BCUT2D eigenvalue weighted by atomic mass is 28.4. The smallest absolute Gasteiger partial charge is 0.330 e. The summed E-state index contributed by atoms with van der Waals surface area (Å²) in [6.45, 7) is 14.6. The molecule has 1 aliphatic heterocycles. The van der Waals surface area contributed by atoms with E-state index in [4.69, 9.17) is 13.9 Å². The lowest BCUT2D eigenvalue weighted by Crippen LogP contribution is -2.48. The molecule has 1 aliphatic rings. The van der Waals surface area contributed by atoms with E-state index in [0.717, 1.165) is 0 Å². The van der Waals surface area contributed by atoms with Gasteiger partial charge in [-0.3, -0.25) is 14.3 Å². The minimum absolute atomic E-state index is 0.0357. The molecule has 136 valence electrons. The molecular weight excluding hydrogens is 328 g/mol. The van der Waals surface area contributed by atoms with Gasteiger partial charge in [-0.1, -0.05) is 20.8 Å². The highest BCUT2D eigenvalue weighted by molar-refractivity contribution is 6.74. The SMILES string of the molecule is CC1(C)OC[C@H]([C@H](O[Si](C)(C)C(C)(C)C)n2ccc(=O)[nH]c2=O)O1. The van der Waals surface area contributed by atoms with Crippen LogP contribution in [0.3, 0.4) is 0 Å². The number of nitrogens with one attached hydrogen (secondary N) is 1. The molecule has 1 fully saturated rings. The molecule has 2 rings (SSSR count). The molecule has 0 unspecified atom stereocenters. The molecule has 1 N–H and O–H groups in total. The fourth-order valence-corrected chi connectivity index (χ4v) is 3.50. The number of aromatic nitrogens is 2. The average molecular weight is 356 g/mol. The predicted molar refractivity (Wildman–Crippen MR) is 93.5 cm³/mol. The lowest BCUT2D eigenvalue weighted by molar-refractivity contribution is -0.157. The van der Waals surface area contributed by atoms with Crippen LogP contribution in [0.2, 0.25) is 18.1 Å². The Bertz CT molecular complexity index is 701. The van der Waals surface area contributed by atoms with Gasteiger partial charge in [0.25, 0.3) is 5.56 Å². The summed E-state index contributed by atoms with van der Waals surface area (Å²) in [5.74, 6) is -0.731. The second-order valence-corrected chi connectivity index (χ2v) is 12.9. The van der Waals surface area contributed by atoms with Gasteiger partial charge in [0.15, 0.2) is 20.3 Å². The second kappa shape index (κ2) is 6.25. The zero-order valence-electron chi connectivity index (χ0n) is 15.5. The van der Waals surface area contributed by atoms with Crippen molar-refractivity contribution >= 4 is 8.32 Å². The summed E-state index contributed by atoms with van der Waals surface area (Å²) in [5, 5.41) is -0.0357. The van der Waals surface area contributed by atoms with Crippen LogP contribution in [0.1, 0.15) is 40.8 Å².